The molecular formula is C20H31ClN2OS. The van der Waals surface area contributed by atoms with E-state index in [1.54, 1.807) is 11.3 Å². The van der Waals surface area contributed by atoms with Crippen molar-refractivity contribution >= 4 is 29.7 Å². The lowest BCUT2D eigenvalue weighted by molar-refractivity contribution is -0.140. The van der Waals surface area contributed by atoms with Crippen LogP contribution >= 0.6 is 23.7 Å². The maximum absolute atomic E-state index is 13.5. The predicted octanol–water partition coefficient (Wildman–Crippen LogP) is 4.36. The molecule has 2 saturated carbocycles. The van der Waals surface area contributed by atoms with Gasteiger partial charge in [-0.25, -0.2) is 0 Å². The summed E-state index contributed by atoms with van der Waals surface area (Å²) in [4.78, 5) is 17.0. The van der Waals surface area contributed by atoms with Crippen molar-refractivity contribution in [2.24, 2.45) is 5.92 Å². The summed E-state index contributed by atoms with van der Waals surface area (Å²) < 4.78 is 0. The number of carbonyl (C=O) groups is 1. The first-order valence-corrected chi connectivity index (χ1v) is 10.7. The van der Waals surface area contributed by atoms with Crippen LogP contribution in [0.5, 0.6) is 0 Å². The number of thiophene rings is 1. The molecule has 1 N–H and O–H groups in total. The topological polar surface area (TPSA) is 32.3 Å². The van der Waals surface area contributed by atoms with Crippen molar-refractivity contribution in [1.29, 1.82) is 0 Å². The van der Waals surface area contributed by atoms with E-state index >= 15 is 0 Å². The Labute approximate surface area is 162 Å². The van der Waals surface area contributed by atoms with Crippen molar-refractivity contribution in [1.82, 2.24) is 10.2 Å². The van der Waals surface area contributed by atoms with Crippen LogP contribution in [0.3, 0.4) is 0 Å². The molecular weight excluding hydrogens is 352 g/mol. The van der Waals surface area contributed by atoms with Gasteiger partial charge in [-0.3, -0.25) is 4.79 Å². The molecule has 1 aromatic heterocycles. The zero-order chi connectivity index (χ0) is 16.4. The Morgan fingerprint density at radius 3 is 2.48 bits per heavy atom. The molecule has 0 radical (unpaired) electrons. The van der Waals surface area contributed by atoms with Gasteiger partial charge in [0, 0.05) is 24.0 Å². The molecule has 0 atom stereocenters. The average Bonchev–Trinajstić information content (AvgIpc) is 3.30. The van der Waals surface area contributed by atoms with Crippen LogP contribution in [0.25, 0.3) is 0 Å². The second-order valence-corrected chi connectivity index (χ2v) is 8.99. The zero-order valence-electron chi connectivity index (χ0n) is 15.0. The Morgan fingerprint density at radius 1 is 1.16 bits per heavy atom. The van der Waals surface area contributed by atoms with E-state index in [2.05, 4.69) is 27.7 Å². The van der Waals surface area contributed by atoms with Gasteiger partial charge in [0.05, 0.1) is 5.41 Å². The van der Waals surface area contributed by atoms with Gasteiger partial charge in [-0.05, 0) is 62.4 Å². The minimum atomic E-state index is -0.208. The number of piperidine rings is 1. The van der Waals surface area contributed by atoms with Crippen LogP contribution in [0.1, 0.15) is 62.7 Å². The second kappa shape index (κ2) is 8.41. The van der Waals surface area contributed by atoms with Gasteiger partial charge in [-0.15, -0.1) is 23.7 Å². The van der Waals surface area contributed by atoms with Gasteiger partial charge in [-0.1, -0.05) is 25.3 Å². The van der Waals surface area contributed by atoms with Gasteiger partial charge >= 0.3 is 0 Å². The Morgan fingerprint density at radius 2 is 1.88 bits per heavy atom. The normalized spacial score (nSPS) is 23.9. The van der Waals surface area contributed by atoms with Gasteiger partial charge in [0.2, 0.25) is 5.91 Å². The molecule has 0 bridgehead atoms. The fourth-order valence-corrected chi connectivity index (χ4v) is 5.49. The summed E-state index contributed by atoms with van der Waals surface area (Å²) in [5.41, 5.74) is -0.208. The lowest BCUT2D eigenvalue weighted by Gasteiger charge is -2.42. The molecule has 1 saturated heterocycles. The highest BCUT2D eigenvalue weighted by molar-refractivity contribution is 7.10. The van der Waals surface area contributed by atoms with Crippen molar-refractivity contribution in [3.63, 3.8) is 0 Å². The molecule has 0 spiro atoms. The quantitative estimate of drug-likeness (QED) is 0.820. The molecule has 1 amide bonds. The van der Waals surface area contributed by atoms with Crippen LogP contribution in [-0.4, -0.2) is 36.5 Å². The molecule has 1 aliphatic heterocycles. The summed E-state index contributed by atoms with van der Waals surface area (Å²) in [5.74, 6) is 1.36. The molecule has 1 aromatic rings. The number of nitrogens with one attached hydrogen (secondary N) is 1. The molecule has 0 aromatic carbocycles. The maximum atomic E-state index is 13.5. The van der Waals surface area contributed by atoms with Crippen LogP contribution in [-0.2, 0) is 10.2 Å². The van der Waals surface area contributed by atoms with Crippen molar-refractivity contribution in [2.75, 3.05) is 19.6 Å². The standard InChI is InChI=1S/C20H30N2OS.ClH/c23-19(20(10-2-1-3-11-20)18-5-4-14-24-18)22-12-8-17(9-13-22)21-15-16-6-7-16;/h4-5,14,16-17,21H,1-3,6-13,15H2;1H. The fraction of sp³-hybridized carbons (Fsp3) is 0.750. The minimum Gasteiger partial charge on any atom is -0.342 e. The van der Waals surface area contributed by atoms with Gasteiger partial charge < -0.3 is 10.2 Å². The van der Waals surface area contributed by atoms with E-state index in [1.165, 1.54) is 43.5 Å². The van der Waals surface area contributed by atoms with Gasteiger partial charge in [0.1, 0.15) is 0 Å². The molecule has 4 rings (SSSR count). The smallest absolute Gasteiger partial charge is 0.234 e. The molecule has 3 nitrogen and oxygen atoms in total. The summed E-state index contributed by atoms with van der Waals surface area (Å²) in [7, 11) is 0. The molecule has 2 heterocycles. The molecule has 3 fully saturated rings. The third-order valence-corrected chi connectivity index (χ3v) is 7.36. The number of halogens is 1. The highest BCUT2D eigenvalue weighted by Gasteiger charge is 2.44. The van der Waals surface area contributed by atoms with E-state index in [-0.39, 0.29) is 17.8 Å². The predicted molar refractivity (Wildman–Crippen MR) is 107 cm³/mol. The highest BCUT2D eigenvalue weighted by Crippen LogP contribution is 2.43. The Balaban J connectivity index is 0.00000182. The number of likely N-dealkylation sites (tertiary alicyclic amines) is 1. The van der Waals surface area contributed by atoms with E-state index in [0.29, 0.717) is 11.9 Å². The number of hydrogen-bond donors (Lipinski definition) is 1. The van der Waals surface area contributed by atoms with E-state index in [0.717, 1.165) is 44.7 Å². The lowest BCUT2D eigenvalue weighted by Crippen LogP contribution is -2.52. The monoisotopic (exact) mass is 382 g/mol. The highest BCUT2D eigenvalue weighted by atomic mass is 35.5. The Hall–Kier alpha value is -0.580. The van der Waals surface area contributed by atoms with Crippen LogP contribution < -0.4 is 5.32 Å². The first-order valence-electron chi connectivity index (χ1n) is 9.85. The lowest BCUT2D eigenvalue weighted by atomic mass is 9.71. The average molecular weight is 383 g/mol. The summed E-state index contributed by atoms with van der Waals surface area (Å²) in [5, 5.41) is 5.86. The second-order valence-electron chi connectivity index (χ2n) is 8.04. The van der Waals surface area contributed by atoms with E-state index in [9.17, 15) is 4.79 Å². The molecule has 5 heteroatoms. The van der Waals surface area contributed by atoms with Crippen LogP contribution in [0.2, 0.25) is 0 Å². The number of amides is 1. The molecule has 3 aliphatic rings. The van der Waals surface area contributed by atoms with E-state index < -0.39 is 0 Å². The third kappa shape index (κ3) is 4.23. The Bertz CT molecular complexity index is 544. The number of rotatable bonds is 5. The molecule has 0 unspecified atom stereocenters. The molecule has 140 valence electrons. The first-order chi connectivity index (χ1) is 11.8. The van der Waals surface area contributed by atoms with Gasteiger partial charge in [0.15, 0.2) is 0 Å². The van der Waals surface area contributed by atoms with E-state index in [4.69, 9.17) is 0 Å². The summed E-state index contributed by atoms with van der Waals surface area (Å²) in [6, 6.07) is 4.92. The fourth-order valence-electron chi connectivity index (χ4n) is 4.52. The number of carbonyl (C=O) groups excluding carboxylic acids is 1. The largest absolute Gasteiger partial charge is 0.342 e. The third-order valence-electron chi connectivity index (χ3n) is 6.28. The van der Waals surface area contributed by atoms with Crippen LogP contribution in [0, 0.1) is 5.92 Å². The van der Waals surface area contributed by atoms with Gasteiger partial charge in [0.25, 0.3) is 0 Å². The van der Waals surface area contributed by atoms with Gasteiger partial charge in [-0.2, -0.15) is 0 Å². The summed E-state index contributed by atoms with van der Waals surface area (Å²) >= 11 is 1.78. The minimum absolute atomic E-state index is 0. The SMILES string of the molecule is Cl.O=C(N1CCC(NCC2CC2)CC1)C1(c2cccs2)CCCCC1. The summed E-state index contributed by atoms with van der Waals surface area (Å²) in [6.07, 6.45) is 10.8. The van der Waals surface area contributed by atoms with Crippen molar-refractivity contribution in [2.45, 2.75) is 69.2 Å². The molecule has 2 aliphatic carbocycles. The van der Waals surface area contributed by atoms with Crippen LogP contribution in [0.4, 0.5) is 0 Å². The molecule has 25 heavy (non-hydrogen) atoms. The van der Waals surface area contributed by atoms with Crippen molar-refractivity contribution < 1.29 is 4.79 Å². The van der Waals surface area contributed by atoms with Crippen molar-refractivity contribution in [3.05, 3.63) is 22.4 Å². The van der Waals surface area contributed by atoms with E-state index in [1.807, 2.05) is 0 Å². The van der Waals surface area contributed by atoms with Crippen LogP contribution in [0.15, 0.2) is 17.5 Å². The number of nitrogens with zero attached hydrogens (tertiary/aromatic N) is 1. The summed E-state index contributed by atoms with van der Waals surface area (Å²) in [6.45, 7) is 3.07. The Kier molecular flexibility index (Phi) is 6.45. The zero-order valence-corrected chi connectivity index (χ0v) is 16.7. The maximum Gasteiger partial charge on any atom is 0.234 e. The first kappa shape index (κ1) is 19.2. The number of hydrogen-bond acceptors (Lipinski definition) is 3. The van der Waals surface area contributed by atoms with Crippen molar-refractivity contribution in [3.8, 4) is 0 Å².